The third-order valence-electron chi connectivity index (χ3n) is 2.43. The van der Waals surface area contributed by atoms with Gasteiger partial charge in [0.05, 0.1) is 0 Å². The minimum absolute atomic E-state index is 0.0914. The van der Waals surface area contributed by atoms with Crippen molar-refractivity contribution in [1.82, 2.24) is 5.32 Å². The number of carbonyl (C=O) groups is 1. The van der Waals surface area contributed by atoms with E-state index in [2.05, 4.69) is 11.9 Å². The third-order valence-corrected chi connectivity index (χ3v) is 2.43. The van der Waals surface area contributed by atoms with Gasteiger partial charge in [-0.1, -0.05) is 18.9 Å². The Balaban J connectivity index is 2.46. The standard InChI is InChI=1S/C9H15NO2/c1-2-7-5-3-4-6-8(7)10-9(11)12/h2,7-8,10H,1,3-6H2,(H,11,12). The molecule has 1 amide bonds. The molecular formula is C9H15NO2. The third kappa shape index (κ3) is 2.26. The Bertz CT molecular complexity index is 179. The van der Waals surface area contributed by atoms with Gasteiger partial charge in [-0.05, 0) is 18.8 Å². The normalized spacial score (nSPS) is 29.3. The molecule has 2 unspecified atom stereocenters. The first-order valence-corrected chi connectivity index (χ1v) is 4.36. The summed E-state index contributed by atoms with van der Waals surface area (Å²) in [6.07, 6.45) is 5.26. The molecule has 1 fully saturated rings. The van der Waals surface area contributed by atoms with E-state index in [1.807, 2.05) is 6.08 Å². The van der Waals surface area contributed by atoms with Crippen LogP contribution in [-0.2, 0) is 0 Å². The Labute approximate surface area is 72.5 Å². The molecule has 68 valence electrons. The highest BCUT2D eigenvalue weighted by Gasteiger charge is 2.23. The van der Waals surface area contributed by atoms with Crippen molar-refractivity contribution in [3.05, 3.63) is 12.7 Å². The fraction of sp³-hybridized carbons (Fsp3) is 0.667. The van der Waals surface area contributed by atoms with Gasteiger partial charge >= 0.3 is 6.09 Å². The van der Waals surface area contributed by atoms with E-state index >= 15 is 0 Å². The summed E-state index contributed by atoms with van der Waals surface area (Å²) in [5.74, 6) is 0.329. The Hall–Kier alpha value is -0.990. The van der Waals surface area contributed by atoms with E-state index < -0.39 is 6.09 Å². The SMILES string of the molecule is C=CC1CCCCC1NC(=O)O. The Kier molecular flexibility index (Phi) is 3.14. The van der Waals surface area contributed by atoms with Gasteiger partial charge in [-0.15, -0.1) is 6.58 Å². The molecular weight excluding hydrogens is 154 g/mol. The summed E-state index contributed by atoms with van der Waals surface area (Å²) in [7, 11) is 0. The second-order valence-corrected chi connectivity index (χ2v) is 3.24. The van der Waals surface area contributed by atoms with Crippen molar-refractivity contribution < 1.29 is 9.90 Å². The topological polar surface area (TPSA) is 49.3 Å². The fourth-order valence-corrected chi connectivity index (χ4v) is 1.78. The minimum atomic E-state index is -0.922. The van der Waals surface area contributed by atoms with E-state index in [0.29, 0.717) is 5.92 Å². The summed E-state index contributed by atoms with van der Waals surface area (Å²) >= 11 is 0. The van der Waals surface area contributed by atoms with Gasteiger partial charge in [0.1, 0.15) is 0 Å². The highest BCUT2D eigenvalue weighted by atomic mass is 16.4. The average Bonchev–Trinajstić information content (AvgIpc) is 2.04. The smallest absolute Gasteiger partial charge is 0.404 e. The van der Waals surface area contributed by atoms with Gasteiger partial charge in [-0.2, -0.15) is 0 Å². The molecule has 3 nitrogen and oxygen atoms in total. The predicted molar refractivity (Wildman–Crippen MR) is 47.1 cm³/mol. The molecule has 1 aliphatic rings. The van der Waals surface area contributed by atoms with Gasteiger partial charge in [0.25, 0.3) is 0 Å². The zero-order valence-electron chi connectivity index (χ0n) is 7.12. The van der Waals surface area contributed by atoms with Crippen LogP contribution >= 0.6 is 0 Å². The number of hydrogen-bond acceptors (Lipinski definition) is 1. The molecule has 0 aromatic carbocycles. The van der Waals surface area contributed by atoms with Crippen LogP contribution in [0.3, 0.4) is 0 Å². The van der Waals surface area contributed by atoms with E-state index in [4.69, 9.17) is 5.11 Å². The lowest BCUT2D eigenvalue weighted by molar-refractivity contribution is 0.181. The van der Waals surface area contributed by atoms with E-state index in [1.165, 1.54) is 6.42 Å². The molecule has 0 aliphatic heterocycles. The molecule has 0 spiro atoms. The maximum absolute atomic E-state index is 10.4. The van der Waals surface area contributed by atoms with Gasteiger partial charge in [0.2, 0.25) is 0 Å². The minimum Gasteiger partial charge on any atom is -0.465 e. The van der Waals surface area contributed by atoms with E-state index in [-0.39, 0.29) is 6.04 Å². The first-order valence-electron chi connectivity index (χ1n) is 4.36. The van der Waals surface area contributed by atoms with Crippen LogP contribution in [0.15, 0.2) is 12.7 Å². The largest absolute Gasteiger partial charge is 0.465 e. The van der Waals surface area contributed by atoms with Crippen LogP contribution in [0.25, 0.3) is 0 Å². The molecule has 1 aliphatic carbocycles. The maximum Gasteiger partial charge on any atom is 0.404 e. The summed E-state index contributed by atoms with van der Waals surface area (Å²) in [5, 5.41) is 11.1. The molecule has 12 heavy (non-hydrogen) atoms. The van der Waals surface area contributed by atoms with E-state index in [1.54, 1.807) is 0 Å². The van der Waals surface area contributed by atoms with Gasteiger partial charge in [-0.3, -0.25) is 0 Å². The molecule has 1 saturated carbocycles. The van der Waals surface area contributed by atoms with Crippen LogP contribution in [0.2, 0.25) is 0 Å². The Morgan fingerprint density at radius 2 is 2.17 bits per heavy atom. The van der Waals surface area contributed by atoms with Crippen molar-refractivity contribution in [1.29, 1.82) is 0 Å². The van der Waals surface area contributed by atoms with Crippen molar-refractivity contribution >= 4 is 6.09 Å². The average molecular weight is 169 g/mol. The maximum atomic E-state index is 10.4. The number of nitrogens with one attached hydrogen (secondary N) is 1. The summed E-state index contributed by atoms with van der Waals surface area (Å²) in [6, 6.07) is 0.0914. The Morgan fingerprint density at radius 1 is 1.50 bits per heavy atom. The fourth-order valence-electron chi connectivity index (χ4n) is 1.78. The first-order chi connectivity index (χ1) is 5.74. The van der Waals surface area contributed by atoms with Crippen LogP contribution in [0.4, 0.5) is 4.79 Å². The van der Waals surface area contributed by atoms with Gasteiger partial charge in [0, 0.05) is 6.04 Å². The molecule has 0 heterocycles. The monoisotopic (exact) mass is 169 g/mol. The number of hydrogen-bond donors (Lipinski definition) is 2. The lowest BCUT2D eigenvalue weighted by atomic mass is 9.85. The van der Waals surface area contributed by atoms with Crippen LogP contribution in [-0.4, -0.2) is 17.2 Å². The van der Waals surface area contributed by atoms with Crippen molar-refractivity contribution in [3.63, 3.8) is 0 Å². The summed E-state index contributed by atoms with van der Waals surface area (Å²) in [6.45, 7) is 3.71. The molecule has 0 bridgehead atoms. The predicted octanol–water partition coefficient (Wildman–Crippen LogP) is 2.00. The second kappa shape index (κ2) is 4.14. The van der Waals surface area contributed by atoms with Crippen molar-refractivity contribution in [3.8, 4) is 0 Å². The van der Waals surface area contributed by atoms with Crippen LogP contribution in [0.5, 0.6) is 0 Å². The molecule has 0 aromatic heterocycles. The number of rotatable bonds is 2. The first kappa shape index (κ1) is 9.10. The van der Waals surface area contributed by atoms with Crippen LogP contribution in [0, 0.1) is 5.92 Å². The summed E-state index contributed by atoms with van der Waals surface area (Å²) < 4.78 is 0. The summed E-state index contributed by atoms with van der Waals surface area (Å²) in [5.41, 5.74) is 0. The molecule has 1 rings (SSSR count). The second-order valence-electron chi connectivity index (χ2n) is 3.24. The quantitative estimate of drug-likeness (QED) is 0.621. The van der Waals surface area contributed by atoms with E-state index in [0.717, 1.165) is 19.3 Å². The van der Waals surface area contributed by atoms with Gasteiger partial charge in [0.15, 0.2) is 0 Å². The summed E-state index contributed by atoms with van der Waals surface area (Å²) in [4.78, 5) is 10.4. The lowest BCUT2D eigenvalue weighted by Gasteiger charge is -2.28. The lowest BCUT2D eigenvalue weighted by Crippen LogP contribution is -2.40. The van der Waals surface area contributed by atoms with Gasteiger partial charge < -0.3 is 10.4 Å². The van der Waals surface area contributed by atoms with E-state index in [9.17, 15) is 4.79 Å². The van der Waals surface area contributed by atoms with Gasteiger partial charge in [-0.25, -0.2) is 4.79 Å². The number of amides is 1. The van der Waals surface area contributed by atoms with Crippen LogP contribution in [0.1, 0.15) is 25.7 Å². The molecule has 3 heteroatoms. The highest BCUT2D eigenvalue weighted by Crippen LogP contribution is 2.24. The molecule has 0 aromatic rings. The van der Waals surface area contributed by atoms with Crippen LogP contribution < -0.4 is 5.32 Å². The van der Waals surface area contributed by atoms with Crippen molar-refractivity contribution in [2.24, 2.45) is 5.92 Å². The molecule has 2 N–H and O–H groups in total. The van der Waals surface area contributed by atoms with Crippen molar-refractivity contribution in [2.45, 2.75) is 31.7 Å². The molecule has 0 radical (unpaired) electrons. The van der Waals surface area contributed by atoms with Crippen molar-refractivity contribution in [2.75, 3.05) is 0 Å². The zero-order chi connectivity index (χ0) is 8.97. The highest BCUT2D eigenvalue weighted by molar-refractivity contribution is 5.64. The molecule has 0 saturated heterocycles. The Morgan fingerprint density at radius 3 is 2.75 bits per heavy atom. The number of carboxylic acid groups (broad SMARTS) is 1. The molecule has 2 atom stereocenters. The zero-order valence-corrected chi connectivity index (χ0v) is 7.12.